The quantitative estimate of drug-likeness (QED) is 0.536. The molecule has 98 valence electrons. The van der Waals surface area contributed by atoms with Crippen molar-refractivity contribution in [1.82, 2.24) is 9.97 Å². The van der Waals surface area contributed by atoms with Crippen LogP contribution < -0.4 is 5.63 Å². The Morgan fingerprint density at radius 1 is 1.25 bits per heavy atom. The van der Waals surface area contributed by atoms with Crippen molar-refractivity contribution in [1.29, 1.82) is 0 Å². The Morgan fingerprint density at radius 3 is 2.90 bits per heavy atom. The van der Waals surface area contributed by atoms with E-state index in [-0.39, 0.29) is 5.56 Å². The fraction of sp³-hybridized carbons (Fsp3) is 0. The number of rotatable bonds is 2. The second-order valence-corrected chi connectivity index (χ2v) is 4.32. The van der Waals surface area contributed by atoms with E-state index in [1.54, 1.807) is 30.5 Å². The number of hydrogen-bond donors (Lipinski definition) is 0. The molecule has 0 saturated carbocycles. The molecule has 0 aliphatic carbocycles. The summed E-state index contributed by atoms with van der Waals surface area (Å²) in [6, 6.07) is 8.68. The van der Waals surface area contributed by atoms with Crippen molar-refractivity contribution in [2.75, 3.05) is 0 Å². The number of halogens is 1. The van der Waals surface area contributed by atoms with Crippen LogP contribution in [0.1, 0.15) is 5.56 Å². The van der Waals surface area contributed by atoms with Crippen molar-refractivity contribution >= 4 is 34.6 Å². The van der Waals surface area contributed by atoms with Crippen molar-refractivity contribution in [2.24, 2.45) is 4.99 Å². The van der Waals surface area contributed by atoms with E-state index in [1.165, 1.54) is 12.5 Å². The molecule has 0 fully saturated rings. The Labute approximate surface area is 118 Å². The predicted molar refractivity (Wildman–Crippen MR) is 76.8 cm³/mol. The Bertz CT molecular complexity index is 844. The van der Waals surface area contributed by atoms with Gasteiger partial charge in [0.2, 0.25) is 0 Å². The second kappa shape index (κ2) is 5.22. The minimum atomic E-state index is -0.536. The smallest absolute Gasteiger partial charge is 0.346 e. The van der Waals surface area contributed by atoms with Crippen molar-refractivity contribution in [3.8, 4) is 0 Å². The third-order valence-electron chi connectivity index (χ3n) is 2.67. The first kappa shape index (κ1) is 12.5. The highest BCUT2D eigenvalue weighted by Crippen LogP contribution is 2.24. The fourth-order valence-electron chi connectivity index (χ4n) is 1.73. The maximum atomic E-state index is 11.9. The van der Waals surface area contributed by atoms with E-state index in [0.717, 1.165) is 0 Å². The van der Waals surface area contributed by atoms with Gasteiger partial charge in [0.15, 0.2) is 5.82 Å². The Morgan fingerprint density at radius 2 is 2.10 bits per heavy atom. The number of aliphatic imine (C=N–C) groups is 1. The molecule has 0 amide bonds. The van der Waals surface area contributed by atoms with Gasteiger partial charge in [-0.15, -0.1) is 0 Å². The zero-order chi connectivity index (χ0) is 13.9. The average molecular weight is 286 g/mol. The minimum Gasteiger partial charge on any atom is -0.422 e. The van der Waals surface area contributed by atoms with E-state index in [9.17, 15) is 4.79 Å². The van der Waals surface area contributed by atoms with Crippen LogP contribution in [0, 0.1) is 0 Å². The largest absolute Gasteiger partial charge is 0.422 e. The summed E-state index contributed by atoms with van der Waals surface area (Å²) in [5, 5.41) is 0.979. The van der Waals surface area contributed by atoms with Gasteiger partial charge in [0.05, 0.1) is 10.6 Å². The van der Waals surface area contributed by atoms with Crippen molar-refractivity contribution in [3.05, 3.63) is 63.9 Å². The van der Waals surface area contributed by atoms with Gasteiger partial charge in [0.25, 0.3) is 0 Å². The van der Waals surface area contributed by atoms with Crippen LogP contribution in [0.15, 0.2) is 57.1 Å². The molecule has 0 aliphatic heterocycles. The highest BCUT2D eigenvalue weighted by atomic mass is 35.5. The minimum absolute atomic E-state index is 0.198. The lowest BCUT2D eigenvalue weighted by Crippen LogP contribution is -2.07. The van der Waals surface area contributed by atoms with E-state index < -0.39 is 5.63 Å². The summed E-state index contributed by atoms with van der Waals surface area (Å²) in [5.74, 6) is 0.434. The Balaban J connectivity index is 2.12. The highest BCUT2D eigenvalue weighted by Gasteiger charge is 2.10. The average Bonchev–Trinajstić information content (AvgIpc) is 2.48. The first-order valence-electron chi connectivity index (χ1n) is 5.77. The van der Waals surface area contributed by atoms with E-state index in [2.05, 4.69) is 15.0 Å². The maximum Gasteiger partial charge on any atom is 0.346 e. The highest BCUT2D eigenvalue weighted by molar-refractivity contribution is 6.37. The van der Waals surface area contributed by atoms with Crippen LogP contribution in [0.3, 0.4) is 0 Å². The molecule has 2 aromatic heterocycles. The molecule has 6 heteroatoms. The molecule has 3 rings (SSSR count). The summed E-state index contributed by atoms with van der Waals surface area (Å²) in [4.78, 5) is 23.7. The van der Waals surface area contributed by atoms with Crippen LogP contribution in [0.25, 0.3) is 11.0 Å². The van der Waals surface area contributed by atoms with Gasteiger partial charge < -0.3 is 4.42 Å². The van der Waals surface area contributed by atoms with E-state index in [0.29, 0.717) is 21.8 Å². The second-order valence-electron chi connectivity index (χ2n) is 3.94. The third kappa shape index (κ3) is 2.31. The molecule has 0 radical (unpaired) electrons. The molecule has 20 heavy (non-hydrogen) atoms. The summed E-state index contributed by atoms with van der Waals surface area (Å²) < 4.78 is 5.20. The standard InChI is InChI=1S/C14H8ClN3O2/c15-13-9-3-1-2-4-11(9)20-14(19)10(13)7-17-12-5-6-16-8-18-12/h1-8H. The molecule has 0 bridgehead atoms. The molecule has 2 heterocycles. The number of aromatic nitrogens is 2. The van der Waals surface area contributed by atoms with E-state index in [4.69, 9.17) is 16.0 Å². The molecule has 0 unspecified atom stereocenters. The summed E-state index contributed by atoms with van der Waals surface area (Å²) in [7, 11) is 0. The number of benzene rings is 1. The molecule has 0 aliphatic rings. The molecular weight excluding hydrogens is 278 g/mol. The summed E-state index contributed by atoms with van der Waals surface area (Å²) in [6.07, 6.45) is 4.28. The maximum absolute atomic E-state index is 11.9. The van der Waals surface area contributed by atoms with Crippen LogP contribution in [-0.2, 0) is 0 Å². The van der Waals surface area contributed by atoms with Crippen LogP contribution in [0.5, 0.6) is 0 Å². The normalized spacial score (nSPS) is 11.2. The topological polar surface area (TPSA) is 68.3 Å². The van der Waals surface area contributed by atoms with Crippen molar-refractivity contribution < 1.29 is 4.42 Å². The molecule has 0 N–H and O–H groups in total. The lowest BCUT2D eigenvalue weighted by atomic mass is 10.2. The zero-order valence-corrected chi connectivity index (χ0v) is 10.9. The number of hydrogen-bond acceptors (Lipinski definition) is 5. The SMILES string of the molecule is O=c1oc2ccccc2c(Cl)c1C=Nc1ccncn1. The van der Waals surface area contributed by atoms with Gasteiger partial charge in [-0.05, 0) is 12.1 Å². The van der Waals surface area contributed by atoms with Gasteiger partial charge in [0, 0.05) is 23.9 Å². The Kier molecular flexibility index (Phi) is 3.26. The summed E-state index contributed by atoms with van der Waals surface area (Å²) in [6.45, 7) is 0. The van der Waals surface area contributed by atoms with Crippen LogP contribution in [0.2, 0.25) is 5.02 Å². The molecule has 0 spiro atoms. The molecule has 0 saturated heterocycles. The lowest BCUT2D eigenvalue weighted by Gasteiger charge is -2.01. The molecule has 0 atom stereocenters. The number of fused-ring (bicyclic) bond motifs is 1. The van der Waals surface area contributed by atoms with E-state index >= 15 is 0 Å². The van der Waals surface area contributed by atoms with Gasteiger partial charge in [-0.3, -0.25) is 0 Å². The first-order chi connectivity index (χ1) is 9.75. The Hall–Kier alpha value is -2.53. The lowest BCUT2D eigenvalue weighted by molar-refractivity contribution is 0.560. The molecule has 3 aromatic rings. The summed E-state index contributed by atoms with van der Waals surface area (Å²) in [5.41, 5.74) is 0.108. The van der Waals surface area contributed by atoms with Gasteiger partial charge >= 0.3 is 5.63 Å². The number of nitrogens with zero attached hydrogens (tertiary/aromatic N) is 3. The van der Waals surface area contributed by atoms with Crippen LogP contribution in [0.4, 0.5) is 5.82 Å². The first-order valence-corrected chi connectivity index (χ1v) is 6.15. The van der Waals surface area contributed by atoms with Gasteiger partial charge in [-0.25, -0.2) is 19.8 Å². The van der Waals surface area contributed by atoms with Gasteiger partial charge in [0.1, 0.15) is 11.9 Å². The molecule has 5 nitrogen and oxygen atoms in total. The number of para-hydroxylation sites is 1. The zero-order valence-electron chi connectivity index (χ0n) is 10.2. The fourth-order valence-corrected chi connectivity index (χ4v) is 2.01. The van der Waals surface area contributed by atoms with Crippen LogP contribution >= 0.6 is 11.6 Å². The van der Waals surface area contributed by atoms with Crippen molar-refractivity contribution in [3.63, 3.8) is 0 Å². The predicted octanol–water partition coefficient (Wildman–Crippen LogP) is 2.99. The van der Waals surface area contributed by atoms with Gasteiger partial charge in [-0.2, -0.15) is 0 Å². The monoisotopic (exact) mass is 285 g/mol. The van der Waals surface area contributed by atoms with Gasteiger partial charge in [-0.1, -0.05) is 23.7 Å². The van der Waals surface area contributed by atoms with Crippen LogP contribution in [-0.4, -0.2) is 16.2 Å². The molecular formula is C14H8ClN3O2. The third-order valence-corrected chi connectivity index (χ3v) is 3.08. The summed E-state index contributed by atoms with van der Waals surface area (Å²) >= 11 is 6.23. The van der Waals surface area contributed by atoms with E-state index in [1.807, 2.05) is 6.07 Å². The molecule has 1 aromatic carbocycles. The van der Waals surface area contributed by atoms with Crippen molar-refractivity contribution in [2.45, 2.75) is 0 Å².